The molecular weight excluding hydrogens is 216 g/mol. The van der Waals surface area contributed by atoms with E-state index in [-0.39, 0.29) is 18.1 Å². The standard InChI is InChI=1S/C13H24N2O2/c1-3-11-5-4-6-15(7-11)12(16)8-17-13(2)9-14-10-13/h11,14H,3-10H2,1-2H3. The fourth-order valence-corrected chi connectivity index (χ4v) is 2.53. The smallest absolute Gasteiger partial charge is 0.248 e. The van der Waals surface area contributed by atoms with Crippen LogP contribution in [0.3, 0.4) is 0 Å². The lowest BCUT2D eigenvalue weighted by Crippen LogP contribution is -2.59. The van der Waals surface area contributed by atoms with E-state index in [1.165, 1.54) is 12.8 Å². The number of nitrogens with one attached hydrogen (secondary N) is 1. The number of hydrogen-bond acceptors (Lipinski definition) is 3. The Morgan fingerprint density at radius 2 is 2.29 bits per heavy atom. The van der Waals surface area contributed by atoms with Crippen LogP contribution < -0.4 is 5.32 Å². The summed E-state index contributed by atoms with van der Waals surface area (Å²) in [4.78, 5) is 14.0. The molecule has 1 N–H and O–H groups in total. The average Bonchev–Trinajstić information content (AvgIpc) is 2.33. The molecule has 1 unspecified atom stereocenters. The van der Waals surface area contributed by atoms with Crippen LogP contribution >= 0.6 is 0 Å². The van der Waals surface area contributed by atoms with Crippen molar-refractivity contribution in [2.45, 2.75) is 38.7 Å². The Labute approximate surface area is 104 Å². The van der Waals surface area contributed by atoms with Crippen molar-refractivity contribution in [3.05, 3.63) is 0 Å². The molecule has 0 aromatic carbocycles. The first kappa shape index (κ1) is 12.8. The van der Waals surface area contributed by atoms with Gasteiger partial charge in [-0.3, -0.25) is 4.79 Å². The highest BCUT2D eigenvalue weighted by Crippen LogP contribution is 2.20. The second-order valence-electron chi connectivity index (χ2n) is 5.60. The number of piperidine rings is 1. The molecule has 1 atom stereocenters. The van der Waals surface area contributed by atoms with Crippen molar-refractivity contribution in [1.82, 2.24) is 10.2 Å². The summed E-state index contributed by atoms with van der Waals surface area (Å²) < 4.78 is 5.70. The lowest BCUT2D eigenvalue weighted by molar-refractivity contribution is -0.147. The number of carbonyl (C=O) groups excluding carboxylic acids is 1. The number of ether oxygens (including phenoxy) is 1. The fraction of sp³-hybridized carbons (Fsp3) is 0.923. The Morgan fingerprint density at radius 1 is 1.53 bits per heavy atom. The quantitative estimate of drug-likeness (QED) is 0.797. The van der Waals surface area contributed by atoms with Crippen LogP contribution in [0, 0.1) is 5.92 Å². The van der Waals surface area contributed by atoms with E-state index in [1.807, 2.05) is 4.90 Å². The molecule has 2 aliphatic heterocycles. The molecule has 2 aliphatic rings. The molecule has 17 heavy (non-hydrogen) atoms. The van der Waals surface area contributed by atoms with Crippen molar-refractivity contribution in [3.63, 3.8) is 0 Å². The van der Waals surface area contributed by atoms with Crippen molar-refractivity contribution in [2.75, 3.05) is 32.8 Å². The zero-order valence-corrected chi connectivity index (χ0v) is 11.0. The molecule has 2 heterocycles. The van der Waals surface area contributed by atoms with Gasteiger partial charge in [0.15, 0.2) is 0 Å². The highest BCUT2D eigenvalue weighted by atomic mass is 16.5. The van der Waals surface area contributed by atoms with Gasteiger partial charge in [-0.2, -0.15) is 0 Å². The molecule has 4 nitrogen and oxygen atoms in total. The predicted octanol–water partition coefficient (Wildman–Crippen LogP) is 1.01. The van der Waals surface area contributed by atoms with Crippen LogP contribution in [0.2, 0.25) is 0 Å². The maximum absolute atomic E-state index is 12.0. The largest absolute Gasteiger partial charge is 0.363 e. The summed E-state index contributed by atoms with van der Waals surface area (Å²) in [5, 5.41) is 3.17. The summed E-state index contributed by atoms with van der Waals surface area (Å²) in [6, 6.07) is 0. The molecule has 98 valence electrons. The maximum atomic E-state index is 12.0. The molecule has 0 spiro atoms. The third-order valence-corrected chi connectivity index (χ3v) is 3.99. The molecule has 0 radical (unpaired) electrons. The van der Waals surface area contributed by atoms with Crippen LogP contribution in [0.5, 0.6) is 0 Å². The van der Waals surface area contributed by atoms with Crippen molar-refractivity contribution in [3.8, 4) is 0 Å². The SMILES string of the molecule is CCC1CCCN(C(=O)COC2(C)CNC2)C1. The highest BCUT2D eigenvalue weighted by Gasteiger charge is 2.34. The third-order valence-electron chi connectivity index (χ3n) is 3.99. The molecule has 0 aliphatic carbocycles. The van der Waals surface area contributed by atoms with Gasteiger partial charge >= 0.3 is 0 Å². The Balaban J connectivity index is 1.75. The van der Waals surface area contributed by atoms with Gasteiger partial charge in [0.2, 0.25) is 5.91 Å². The molecular formula is C13H24N2O2. The molecule has 0 bridgehead atoms. The molecule has 0 saturated carbocycles. The van der Waals surface area contributed by atoms with Crippen LogP contribution in [-0.2, 0) is 9.53 Å². The summed E-state index contributed by atoms with van der Waals surface area (Å²) in [5.74, 6) is 0.852. The molecule has 0 aromatic rings. The maximum Gasteiger partial charge on any atom is 0.248 e. The van der Waals surface area contributed by atoms with Gasteiger partial charge in [0.1, 0.15) is 6.61 Å². The molecule has 2 rings (SSSR count). The molecule has 2 saturated heterocycles. The number of nitrogens with zero attached hydrogens (tertiary/aromatic N) is 1. The second-order valence-corrected chi connectivity index (χ2v) is 5.60. The van der Waals surface area contributed by atoms with Crippen molar-refractivity contribution in [1.29, 1.82) is 0 Å². The minimum atomic E-state index is -0.115. The highest BCUT2D eigenvalue weighted by molar-refractivity contribution is 5.77. The van der Waals surface area contributed by atoms with Crippen LogP contribution in [0.4, 0.5) is 0 Å². The fourth-order valence-electron chi connectivity index (χ4n) is 2.53. The lowest BCUT2D eigenvalue weighted by atomic mass is 9.95. The van der Waals surface area contributed by atoms with E-state index in [9.17, 15) is 4.79 Å². The zero-order valence-electron chi connectivity index (χ0n) is 11.0. The number of amides is 1. The van der Waals surface area contributed by atoms with Gasteiger partial charge in [-0.15, -0.1) is 0 Å². The van der Waals surface area contributed by atoms with E-state index in [2.05, 4.69) is 19.2 Å². The molecule has 2 fully saturated rings. The first-order valence-electron chi connectivity index (χ1n) is 6.75. The van der Waals surface area contributed by atoms with Gasteiger partial charge in [0, 0.05) is 26.2 Å². The predicted molar refractivity (Wildman–Crippen MR) is 66.8 cm³/mol. The Bertz CT molecular complexity index is 277. The molecule has 4 heteroatoms. The van der Waals surface area contributed by atoms with Crippen LogP contribution in [0.15, 0.2) is 0 Å². The van der Waals surface area contributed by atoms with E-state index < -0.39 is 0 Å². The second kappa shape index (κ2) is 5.36. The minimum absolute atomic E-state index is 0.115. The first-order chi connectivity index (χ1) is 8.13. The summed E-state index contributed by atoms with van der Waals surface area (Å²) in [6.45, 7) is 8.06. The van der Waals surface area contributed by atoms with Gasteiger partial charge < -0.3 is 15.0 Å². The minimum Gasteiger partial charge on any atom is -0.363 e. The first-order valence-corrected chi connectivity index (χ1v) is 6.75. The van der Waals surface area contributed by atoms with Crippen LogP contribution in [0.1, 0.15) is 33.1 Å². The third kappa shape index (κ3) is 3.19. The summed E-state index contributed by atoms with van der Waals surface area (Å²) in [6.07, 6.45) is 3.58. The Hall–Kier alpha value is -0.610. The Kier molecular flexibility index (Phi) is 4.05. The van der Waals surface area contributed by atoms with E-state index >= 15 is 0 Å². The van der Waals surface area contributed by atoms with Gasteiger partial charge in [-0.05, 0) is 25.7 Å². The van der Waals surface area contributed by atoms with Crippen LogP contribution in [-0.4, -0.2) is 49.2 Å². The van der Waals surface area contributed by atoms with E-state index in [1.54, 1.807) is 0 Å². The van der Waals surface area contributed by atoms with E-state index in [4.69, 9.17) is 4.74 Å². The van der Waals surface area contributed by atoms with Crippen molar-refractivity contribution in [2.24, 2.45) is 5.92 Å². The van der Waals surface area contributed by atoms with Crippen molar-refractivity contribution >= 4 is 5.91 Å². The number of rotatable bonds is 4. The van der Waals surface area contributed by atoms with Crippen LogP contribution in [0.25, 0.3) is 0 Å². The molecule has 0 aromatic heterocycles. The van der Waals surface area contributed by atoms with Gasteiger partial charge in [-0.1, -0.05) is 13.3 Å². The number of hydrogen-bond donors (Lipinski definition) is 1. The summed E-state index contributed by atoms with van der Waals surface area (Å²) >= 11 is 0. The number of carbonyl (C=O) groups is 1. The van der Waals surface area contributed by atoms with Crippen molar-refractivity contribution < 1.29 is 9.53 Å². The molecule has 1 amide bonds. The lowest BCUT2D eigenvalue weighted by Gasteiger charge is -2.40. The summed E-state index contributed by atoms with van der Waals surface area (Å²) in [7, 11) is 0. The van der Waals surface area contributed by atoms with E-state index in [0.717, 1.165) is 32.6 Å². The Morgan fingerprint density at radius 3 is 2.88 bits per heavy atom. The average molecular weight is 240 g/mol. The summed E-state index contributed by atoms with van der Waals surface area (Å²) in [5.41, 5.74) is -0.115. The van der Waals surface area contributed by atoms with E-state index in [0.29, 0.717) is 5.92 Å². The zero-order chi connectivity index (χ0) is 12.3. The van der Waals surface area contributed by atoms with Gasteiger partial charge in [-0.25, -0.2) is 0 Å². The van der Waals surface area contributed by atoms with Gasteiger partial charge in [0.25, 0.3) is 0 Å². The van der Waals surface area contributed by atoms with Gasteiger partial charge in [0.05, 0.1) is 5.60 Å². The number of likely N-dealkylation sites (tertiary alicyclic amines) is 1. The monoisotopic (exact) mass is 240 g/mol. The normalized spacial score (nSPS) is 27.6. The topological polar surface area (TPSA) is 41.6 Å².